The van der Waals surface area contributed by atoms with E-state index in [0.717, 1.165) is 23.0 Å². The highest BCUT2D eigenvalue weighted by molar-refractivity contribution is 5.76. The average Bonchev–Trinajstić information content (AvgIpc) is 3.03. The van der Waals surface area contributed by atoms with Crippen LogP contribution in [0.5, 0.6) is 5.75 Å². The summed E-state index contributed by atoms with van der Waals surface area (Å²) < 4.78 is 7.48. The van der Waals surface area contributed by atoms with Crippen molar-refractivity contribution in [2.75, 3.05) is 6.61 Å². The molecular formula is C21H24N2O4. The van der Waals surface area contributed by atoms with Crippen LogP contribution < -0.4 is 4.74 Å². The van der Waals surface area contributed by atoms with E-state index in [9.17, 15) is 15.0 Å². The zero-order chi connectivity index (χ0) is 19.2. The average molecular weight is 368 g/mol. The molecule has 0 saturated carbocycles. The number of aromatic nitrogens is 2. The molecule has 0 aliphatic heterocycles. The van der Waals surface area contributed by atoms with Crippen molar-refractivity contribution in [1.82, 2.24) is 9.55 Å². The zero-order valence-corrected chi connectivity index (χ0v) is 15.3. The fourth-order valence-electron chi connectivity index (χ4n) is 2.98. The van der Waals surface area contributed by atoms with Crippen LogP contribution in [0, 0.1) is 0 Å². The summed E-state index contributed by atoms with van der Waals surface area (Å²) in [5.74, 6) is 1.36. The number of para-hydroxylation sites is 2. The maximum absolute atomic E-state index is 11.0. The van der Waals surface area contributed by atoms with Crippen LogP contribution in [-0.4, -0.2) is 38.3 Å². The minimum absolute atomic E-state index is 0.129. The second kappa shape index (κ2) is 8.79. The maximum atomic E-state index is 11.0. The first-order valence-corrected chi connectivity index (χ1v) is 9.01. The number of imidazole rings is 1. The number of ether oxygens (including phenoxy) is 1. The van der Waals surface area contributed by atoms with Crippen LogP contribution in [0.15, 0.2) is 48.5 Å². The Morgan fingerprint density at radius 2 is 1.93 bits per heavy atom. The monoisotopic (exact) mass is 368 g/mol. The van der Waals surface area contributed by atoms with Crippen molar-refractivity contribution in [2.24, 2.45) is 0 Å². The number of fused-ring (bicyclic) bond motifs is 1. The Morgan fingerprint density at radius 1 is 1.19 bits per heavy atom. The van der Waals surface area contributed by atoms with Gasteiger partial charge in [-0.2, -0.15) is 0 Å². The number of aryl methyl sites for hydroxylation is 1. The number of hydrogen-bond acceptors (Lipinski definition) is 5. The van der Waals surface area contributed by atoms with Crippen molar-refractivity contribution in [3.8, 4) is 5.75 Å². The van der Waals surface area contributed by atoms with E-state index in [2.05, 4.69) is 4.98 Å². The molecule has 0 spiro atoms. The third kappa shape index (κ3) is 4.93. The topological polar surface area (TPSA) is 84.6 Å². The number of nitrogens with zero attached hydrogens (tertiary/aromatic N) is 2. The lowest BCUT2D eigenvalue weighted by Crippen LogP contribution is -2.24. The Morgan fingerprint density at radius 3 is 2.63 bits per heavy atom. The minimum atomic E-state index is -0.745. The number of carbonyl (C=O) groups is 1. The number of ketones is 1. The van der Waals surface area contributed by atoms with Gasteiger partial charge >= 0.3 is 0 Å². The van der Waals surface area contributed by atoms with Crippen molar-refractivity contribution < 1.29 is 19.7 Å². The Labute approximate surface area is 158 Å². The second-order valence-corrected chi connectivity index (χ2v) is 6.60. The zero-order valence-electron chi connectivity index (χ0n) is 15.3. The molecule has 1 aromatic heterocycles. The molecule has 0 aliphatic carbocycles. The Kier molecular flexibility index (Phi) is 6.21. The first-order valence-electron chi connectivity index (χ1n) is 9.01. The Balaban J connectivity index is 1.58. The molecule has 6 heteroatoms. The van der Waals surface area contributed by atoms with Crippen molar-refractivity contribution >= 4 is 16.8 Å². The molecule has 0 radical (unpaired) electrons. The molecule has 27 heavy (non-hydrogen) atoms. The SMILES string of the molecule is CC(=O)CCc1ccc(OCC(O)Cn2c(CO)nc3ccccc32)cc1. The van der Waals surface area contributed by atoms with Crippen molar-refractivity contribution in [3.05, 3.63) is 59.9 Å². The third-order valence-corrected chi connectivity index (χ3v) is 4.40. The minimum Gasteiger partial charge on any atom is -0.491 e. The van der Waals surface area contributed by atoms with E-state index in [1.54, 1.807) is 6.92 Å². The molecule has 1 unspecified atom stereocenters. The summed E-state index contributed by atoms with van der Waals surface area (Å²) in [5.41, 5.74) is 2.74. The van der Waals surface area contributed by atoms with Crippen LogP contribution >= 0.6 is 0 Å². The molecule has 2 aromatic carbocycles. The quantitative estimate of drug-likeness (QED) is 0.606. The van der Waals surface area contributed by atoms with Gasteiger partial charge in [0, 0.05) is 6.42 Å². The van der Waals surface area contributed by atoms with E-state index in [1.807, 2.05) is 53.1 Å². The van der Waals surface area contributed by atoms with Gasteiger partial charge in [0.05, 0.1) is 17.6 Å². The van der Waals surface area contributed by atoms with Crippen molar-refractivity contribution in [2.45, 2.75) is 39.0 Å². The largest absolute Gasteiger partial charge is 0.491 e. The smallest absolute Gasteiger partial charge is 0.135 e. The molecule has 2 N–H and O–H groups in total. The highest BCUT2D eigenvalue weighted by Gasteiger charge is 2.14. The third-order valence-electron chi connectivity index (χ3n) is 4.40. The fourth-order valence-corrected chi connectivity index (χ4v) is 2.98. The molecule has 0 fully saturated rings. The van der Waals surface area contributed by atoms with E-state index in [4.69, 9.17) is 4.74 Å². The Bertz CT molecular complexity index is 902. The van der Waals surface area contributed by atoms with Gasteiger partial charge in [-0.3, -0.25) is 0 Å². The maximum Gasteiger partial charge on any atom is 0.135 e. The van der Waals surface area contributed by atoms with Crippen LogP contribution in [0.1, 0.15) is 24.7 Å². The lowest BCUT2D eigenvalue weighted by Gasteiger charge is -2.15. The number of hydrogen-bond donors (Lipinski definition) is 2. The van der Waals surface area contributed by atoms with Gasteiger partial charge in [0.1, 0.15) is 36.7 Å². The lowest BCUT2D eigenvalue weighted by molar-refractivity contribution is -0.116. The summed E-state index contributed by atoms with van der Waals surface area (Å²) in [6.45, 7) is 1.81. The fraction of sp³-hybridized carbons (Fsp3) is 0.333. The number of rotatable bonds is 9. The first-order chi connectivity index (χ1) is 13.1. The highest BCUT2D eigenvalue weighted by Crippen LogP contribution is 2.18. The molecule has 1 heterocycles. The predicted octanol–water partition coefficient (Wildman–Crippen LogP) is 2.49. The van der Waals surface area contributed by atoms with E-state index >= 15 is 0 Å². The van der Waals surface area contributed by atoms with Gasteiger partial charge in [0.25, 0.3) is 0 Å². The molecule has 1 atom stereocenters. The lowest BCUT2D eigenvalue weighted by atomic mass is 10.1. The molecular weight excluding hydrogens is 344 g/mol. The van der Waals surface area contributed by atoms with E-state index < -0.39 is 6.10 Å². The number of benzene rings is 2. The van der Waals surface area contributed by atoms with E-state index in [1.165, 1.54) is 0 Å². The summed E-state index contributed by atoms with van der Waals surface area (Å²) in [5, 5.41) is 19.9. The van der Waals surface area contributed by atoms with E-state index in [0.29, 0.717) is 18.0 Å². The van der Waals surface area contributed by atoms with Gasteiger partial charge in [-0.05, 0) is 43.2 Å². The predicted molar refractivity (Wildman–Crippen MR) is 103 cm³/mol. The van der Waals surface area contributed by atoms with Crippen LogP contribution in [0.3, 0.4) is 0 Å². The summed E-state index contributed by atoms with van der Waals surface area (Å²) in [7, 11) is 0. The number of aliphatic hydroxyl groups is 2. The summed E-state index contributed by atoms with van der Waals surface area (Å²) in [4.78, 5) is 15.4. The molecule has 0 amide bonds. The van der Waals surface area contributed by atoms with Crippen LogP contribution in [-0.2, 0) is 24.4 Å². The van der Waals surface area contributed by atoms with Gasteiger partial charge in [0.15, 0.2) is 0 Å². The normalized spacial score (nSPS) is 12.3. The van der Waals surface area contributed by atoms with Crippen molar-refractivity contribution in [1.29, 1.82) is 0 Å². The first kappa shape index (κ1) is 19.1. The summed E-state index contributed by atoms with van der Waals surface area (Å²) >= 11 is 0. The molecule has 3 aromatic rings. The van der Waals surface area contributed by atoms with Gasteiger partial charge in [-0.1, -0.05) is 24.3 Å². The molecule has 6 nitrogen and oxygen atoms in total. The van der Waals surface area contributed by atoms with Gasteiger partial charge < -0.3 is 24.3 Å². The Hall–Kier alpha value is -2.70. The van der Waals surface area contributed by atoms with Gasteiger partial charge in [-0.25, -0.2) is 4.98 Å². The molecule has 0 aliphatic rings. The summed E-state index contributed by atoms with van der Waals surface area (Å²) in [6.07, 6.45) is 0.506. The number of aliphatic hydroxyl groups excluding tert-OH is 2. The van der Waals surface area contributed by atoms with Crippen LogP contribution in [0.25, 0.3) is 11.0 Å². The molecule has 3 rings (SSSR count). The number of carbonyl (C=O) groups excluding carboxylic acids is 1. The standard InChI is InChI=1S/C21H24N2O4/c1-15(25)6-7-16-8-10-18(11-9-16)27-14-17(26)12-23-20-5-3-2-4-19(20)22-21(23)13-24/h2-5,8-11,17,24,26H,6-7,12-14H2,1H3. The van der Waals surface area contributed by atoms with Crippen LogP contribution in [0.4, 0.5) is 0 Å². The van der Waals surface area contributed by atoms with Crippen molar-refractivity contribution in [3.63, 3.8) is 0 Å². The van der Waals surface area contributed by atoms with Gasteiger partial charge in [0.2, 0.25) is 0 Å². The molecule has 0 saturated heterocycles. The summed E-state index contributed by atoms with van der Waals surface area (Å²) in [6, 6.07) is 15.1. The van der Waals surface area contributed by atoms with Crippen LogP contribution in [0.2, 0.25) is 0 Å². The molecule has 142 valence electrons. The second-order valence-electron chi connectivity index (χ2n) is 6.60. The van der Waals surface area contributed by atoms with E-state index in [-0.39, 0.29) is 25.5 Å². The molecule has 0 bridgehead atoms. The van der Waals surface area contributed by atoms with Gasteiger partial charge in [-0.15, -0.1) is 0 Å². The highest BCUT2D eigenvalue weighted by atomic mass is 16.5. The number of Topliss-reactive ketones (excluding diaryl/α,β-unsaturated/α-hetero) is 1.